The van der Waals surface area contributed by atoms with E-state index >= 15 is 0 Å². The predicted octanol–water partition coefficient (Wildman–Crippen LogP) is 4.39. The summed E-state index contributed by atoms with van der Waals surface area (Å²) in [6.45, 7) is 4.74. The maximum absolute atomic E-state index is 13.4. The van der Waals surface area contributed by atoms with Gasteiger partial charge in [-0.05, 0) is 68.1 Å². The Morgan fingerprint density at radius 2 is 1.83 bits per heavy atom. The molecule has 0 radical (unpaired) electrons. The molecule has 1 fully saturated rings. The Bertz CT molecular complexity index is 707. The van der Waals surface area contributed by atoms with Crippen molar-refractivity contribution in [3.05, 3.63) is 70.5 Å². The number of benzene rings is 2. The number of halogens is 1. The van der Waals surface area contributed by atoms with Crippen LogP contribution in [0.25, 0.3) is 0 Å². The molecule has 0 amide bonds. The predicted molar refractivity (Wildman–Crippen MR) is 89.5 cm³/mol. The molecule has 0 aliphatic carbocycles. The van der Waals surface area contributed by atoms with Crippen LogP contribution >= 0.6 is 0 Å². The molecule has 3 rings (SSSR count). The van der Waals surface area contributed by atoms with Gasteiger partial charge in [0.2, 0.25) is 0 Å². The summed E-state index contributed by atoms with van der Waals surface area (Å²) >= 11 is 0. The molecule has 0 aromatic heterocycles. The van der Waals surface area contributed by atoms with Gasteiger partial charge in [0, 0.05) is 6.54 Å². The molecular weight excluding hydrogens is 287 g/mol. The van der Waals surface area contributed by atoms with Crippen LogP contribution in [0.2, 0.25) is 0 Å². The molecule has 2 aromatic rings. The first-order chi connectivity index (χ1) is 11.2. The van der Waals surface area contributed by atoms with Gasteiger partial charge >= 0.3 is 0 Å². The lowest BCUT2D eigenvalue weighted by atomic mass is 9.89. The Morgan fingerprint density at radius 1 is 1.13 bits per heavy atom. The van der Waals surface area contributed by atoms with Gasteiger partial charge in [0.15, 0.2) is 0 Å². The summed E-state index contributed by atoms with van der Waals surface area (Å²) in [7, 11) is 0. The fourth-order valence-electron chi connectivity index (χ4n) is 3.31. The summed E-state index contributed by atoms with van der Waals surface area (Å²) in [5, 5.41) is 9.16. The minimum atomic E-state index is -0.270. The highest BCUT2D eigenvalue weighted by Crippen LogP contribution is 2.29. The quantitative estimate of drug-likeness (QED) is 0.841. The molecule has 118 valence electrons. The summed E-state index contributed by atoms with van der Waals surface area (Å²) in [5.41, 5.74) is 4.08. The Hall–Kier alpha value is -2.18. The maximum atomic E-state index is 13.4. The first kappa shape index (κ1) is 15.7. The Balaban J connectivity index is 1.62. The number of nitriles is 1. The van der Waals surface area contributed by atoms with Crippen molar-refractivity contribution in [2.45, 2.75) is 32.2 Å². The number of hydrogen-bond acceptors (Lipinski definition) is 2. The van der Waals surface area contributed by atoms with Crippen LogP contribution in [0, 0.1) is 24.1 Å². The summed E-state index contributed by atoms with van der Waals surface area (Å²) < 4.78 is 13.4. The Labute approximate surface area is 137 Å². The van der Waals surface area contributed by atoms with Crippen molar-refractivity contribution in [3.8, 4) is 6.07 Å². The van der Waals surface area contributed by atoms with Crippen LogP contribution in [0.4, 0.5) is 4.39 Å². The molecule has 3 heteroatoms. The average molecular weight is 308 g/mol. The van der Waals surface area contributed by atoms with E-state index in [0.29, 0.717) is 18.0 Å². The van der Waals surface area contributed by atoms with Gasteiger partial charge < -0.3 is 0 Å². The third-order valence-corrected chi connectivity index (χ3v) is 4.72. The van der Waals surface area contributed by atoms with Gasteiger partial charge in [-0.25, -0.2) is 4.39 Å². The zero-order valence-corrected chi connectivity index (χ0v) is 13.4. The topological polar surface area (TPSA) is 27.0 Å². The van der Waals surface area contributed by atoms with Gasteiger partial charge in [0.25, 0.3) is 0 Å². The monoisotopic (exact) mass is 308 g/mol. The first-order valence-electron chi connectivity index (χ1n) is 8.13. The van der Waals surface area contributed by atoms with Crippen molar-refractivity contribution in [3.63, 3.8) is 0 Å². The van der Waals surface area contributed by atoms with Gasteiger partial charge in [-0.2, -0.15) is 5.26 Å². The molecule has 1 heterocycles. The highest BCUT2D eigenvalue weighted by Gasteiger charge is 2.21. The molecule has 2 nitrogen and oxygen atoms in total. The molecule has 0 N–H and O–H groups in total. The van der Waals surface area contributed by atoms with E-state index < -0.39 is 0 Å². The molecule has 1 aliphatic rings. The standard InChI is InChI=1S/C20H21FN2/c1-15-2-4-16(5-3-15)17-8-10-23(11-9-17)14-19-12-20(21)7-6-18(19)13-22/h2-7,12,17H,8-11,14H2,1H3. The zero-order valence-electron chi connectivity index (χ0n) is 13.4. The van der Waals surface area contributed by atoms with Crippen LogP contribution in [-0.4, -0.2) is 18.0 Å². The van der Waals surface area contributed by atoms with E-state index in [1.54, 1.807) is 6.07 Å². The molecule has 0 atom stereocenters. The molecule has 0 spiro atoms. The van der Waals surface area contributed by atoms with Gasteiger partial charge in [-0.1, -0.05) is 29.8 Å². The third kappa shape index (κ3) is 3.78. The Morgan fingerprint density at radius 3 is 2.48 bits per heavy atom. The van der Waals surface area contributed by atoms with E-state index in [1.807, 2.05) is 0 Å². The Kier molecular flexibility index (Phi) is 4.73. The lowest BCUT2D eigenvalue weighted by molar-refractivity contribution is 0.204. The van der Waals surface area contributed by atoms with Crippen LogP contribution in [0.1, 0.15) is 41.0 Å². The smallest absolute Gasteiger partial charge is 0.123 e. The maximum Gasteiger partial charge on any atom is 0.123 e. The summed E-state index contributed by atoms with van der Waals surface area (Å²) in [6.07, 6.45) is 2.22. The number of likely N-dealkylation sites (tertiary alicyclic amines) is 1. The lowest BCUT2D eigenvalue weighted by Crippen LogP contribution is -2.32. The van der Waals surface area contributed by atoms with Crippen molar-refractivity contribution in [1.82, 2.24) is 4.90 Å². The van der Waals surface area contributed by atoms with E-state index in [9.17, 15) is 4.39 Å². The first-order valence-corrected chi connectivity index (χ1v) is 8.13. The second-order valence-electron chi connectivity index (χ2n) is 6.37. The molecule has 0 saturated carbocycles. The van der Waals surface area contributed by atoms with E-state index in [1.165, 1.54) is 23.3 Å². The minimum absolute atomic E-state index is 0.270. The largest absolute Gasteiger partial charge is 0.299 e. The molecule has 0 unspecified atom stereocenters. The highest BCUT2D eigenvalue weighted by atomic mass is 19.1. The molecule has 2 aromatic carbocycles. The van der Waals surface area contributed by atoms with Crippen molar-refractivity contribution in [2.75, 3.05) is 13.1 Å². The summed E-state index contributed by atoms with van der Waals surface area (Å²) in [6, 6.07) is 15.4. The molecule has 0 bridgehead atoms. The number of piperidine rings is 1. The van der Waals surface area contributed by atoms with Crippen molar-refractivity contribution in [2.24, 2.45) is 0 Å². The van der Waals surface area contributed by atoms with Crippen molar-refractivity contribution in [1.29, 1.82) is 5.26 Å². The van der Waals surface area contributed by atoms with Crippen molar-refractivity contribution < 1.29 is 4.39 Å². The molecule has 23 heavy (non-hydrogen) atoms. The number of hydrogen-bond donors (Lipinski definition) is 0. The van der Waals surface area contributed by atoms with Crippen LogP contribution in [0.15, 0.2) is 42.5 Å². The molecule has 1 aliphatic heterocycles. The van der Waals surface area contributed by atoms with Gasteiger partial charge in [0.05, 0.1) is 11.6 Å². The number of aryl methyl sites for hydroxylation is 1. The third-order valence-electron chi connectivity index (χ3n) is 4.72. The normalized spacial score (nSPS) is 16.2. The van der Waals surface area contributed by atoms with Gasteiger partial charge in [-0.3, -0.25) is 4.90 Å². The molecular formula is C20H21FN2. The van der Waals surface area contributed by atoms with E-state index in [0.717, 1.165) is 31.5 Å². The summed E-state index contributed by atoms with van der Waals surface area (Å²) in [4.78, 5) is 2.32. The summed E-state index contributed by atoms with van der Waals surface area (Å²) in [5.74, 6) is 0.336. The fourth-order valence-corrected chi connectivity index (χ4v) is 3.31. The number of nitrogens with zero attached hydrogens (tertiary/aromatic N) is 2. The van der Waals surface area contributed by atoms with E-state index in [4.69, 9.17) is 5.26 Å². The second-order valence-corrected chi connectivity index (χ2v) is 6.37. The lowest BCUT2D eigenvalue weighted by Gasteiger charge is -2.32. The minimum Gasteiger partial charge on any atom is -0.299 e. The second kappa shape index (κ2) is 6.93. The van der Waals surface area contributed by atoms with Gasteiger partial charge in [-0.15, -0.1) is 0 Å². The van der Waals surface area contributed by atoms with Crippen LogP contribution in [-0.2, 0) is 6.54 Å². The van der Waals surface area contributed by atoms with E-state index in [-0.39, 0.29) is 5.82 Å². The SMILES string of the molecule is Cc1ccc(C2CCN(Cc3cc(F)ccc3C#N)CC2)cc1. The van der Waals surface area contributed by atoms with Gasteiger partial charge in [0.1, 0.15) is 5.82 Å². The zero-order chi connectivity index (χ0) is 16.2. The highest BCUT2D eigenvalue weighted by molar-refractivity contribution is 5.37. The molecule has 1 saturated heterocycles. The van der Waals surface area contributed by atoms with E-state index in [2.05, 4.69) is 42.2 Å². The fraction of sp³-hybridized carbons (Fsp3) is 0.350. The van der Waals surface area contributed by atoms with Crippen LogP contribution in [0.5, 0.6) is 0 Å². The average Bonchev–Trinajstić information content (AvgIpc) is 2.57. The van der Waals surface area contributed by atoms with Crippen LogP contribution in [0.3, 0.4) is 0 Å². The van der Waals surface area contributed by atoms with Crippen molar-refractivity contribution >= 4 is 0 Å². The van der Waals surface area contributed by atoms with Crippen LogP contribution < -0.4 is 0 Å². The number of rotatable bonds is 3.